The van der Waals surface area contributed by atoms with Crippen molar-refractivity contribution >= 4 is 15.8 Å². The average Bonchev–Trinajstić information content (AvgIpc) is 2.37. The van der Waals surface area contributed by atoms with E-state index in [0.717, 1.165) is 11.8 Å². The normalized spacial score (nSPS) is 16.2. The molecule has 0 radical (unpaired) electrons. The van der Waals surface area contributed by atoms with Crippen LogP contribution in [0.25, 0.3) is 5.70 Å². The molecule has 0 bridgehead atoms. The molecule has 1 heterocycles. The van der Waals surface area contributed by atoms with Crippen LogP contribution < -0.4 is 0 Å². The van der Waals surface area contributed by atoms with E-state index in [1.807, 2.05) is 30.3 Å². The van der Waals surface area contributed by atoms with E-state index in [1.54, 1.807) is 0 Å². The van der Waals surface area contributed by atoms with Gasteiger partial charge in [0.2, 0.25) is 0 Å². The quantitative estimate of drug-likeness (QED) is 0.827. The third kappa shape index (κ3) is 3.39. The molecule has 1 aliphatic rings. The minimum absolute atomic E-state index is 0.237. The van der Waals surface area contributed by atoms with Gasteiger partial charge in [0.25, 0.3) is 10.1 Å². The third-order valence-corrected chi connectivity index (χ3v) is 2.88. The van der Waals surface area contributed by atoms with E-state index < -0.39 is 10.1 Å². The number of ether oxygens (including phenoxy) is 2. The summed E-state index contributed by atoms with van der Waals surface area (Å²) in [7, 11) is -2.16. The lowest BCUT2D eigenvalue weighted by Gasteiger charge is -2.30. The van der Waals surface area contributed by atoms with Gasteiger partial charge in [0, 0.05) is 5.56 Å². The van der Waals surface area contributed by atoms with Gasteiger partial charge in [0.05, 0.1) is 19.9 Å². The molecule has 0 saturated carbocycles. The van der Waals surface area contributed by atoms with Crippen molar-refractivity contribution in [1.29, 1.82) is 0 Å². The number of hydrogen-bond acceptors (Lipinski definition) is 6. The van der Waals surface area contributed by atoms with Crippen LogP contribution in [-0.4, -0.2) is 40.0 Å². The lowest BCUT2D eigenvalue weighted by molar-refractivity contribution is -0.0526. The van der Waals surface area contributed by atoms with Gasteiger partial charge in [-0.3, -0.25) is 0 Å². The number of methoxy groups -OCH3 is 1. The first-order valence-electron chi connectivity index (χ1n) is 5.65. The Bertz CT molecular complexity index is 567. The molecular formula is C12H15NO5S. The first-order valence-corrected chi connectivity index (χ1v) is 7.46. The second kappa shape index (κ2) is 5.50. The highest BCUT2D eigenvalue weighted by molar-refractivity contribution is 7.85. The maximum Gasteiger partial charge on any atom is 0.306 e. The van der Waals surface area contributed by atoms with Crippen LogP contribution >= 0.6 is 0 Å². The van der Waals surface area contributed by atoms with Gasteiger partial charge in [0.1, 0.15) is 6.61 Å². The van der Waals surface area contributed by atoms with Crippen LogP contribution in [0.1, 0.15) is 5.56 Å². The fourth-order valence-corrected chi connectivity index (χ4v) is 2.23. The Morgan fingerprint density at radius 1 is 1.26 bits per heavy atom. The van der Waals surface area contributed by atoms with Gasteiger partial charge in [-0.1, -0.05) is 30.3 Å². The first kappa shape index (κ1) is 13.7. The van der Waals surface area contributed by atoms with Crippen LogP contribution in [0.15, 0.2) is 36.3 Å². The molecule has 0 unspecified atom stereocenters. The number of nitrogens with zero attached hydrogens (tertiary/aromatic N) is 1. The monoisotopic (exact) mass is 285 g/mol. The second-order valence-electron chi connectivity index (χ2n) is 3.94. The molecule has 2 rings (SSSR count). The zero-order chi connectivity index (χ0) is 13.9. The molecule has 104 valence electrons. The second-order valence-corrected chi connectivity index (χ2v) is 5.49. The lowest BCUT2D eigenvalue weighted by atomic mass is 10.1. The van der Waals surface area contributed by atoms with Gasteiger partial charge in [-0.15, -0.1) is 4.28 Å². The minimum Gasteiger partial charge on any atom is -0.467 e. The Morgan fingerprint density at radius 3 is 2.53 bits per heavy atom. The molecular weight excluding hydrogens is 270 g/mol. The Labute approximate surface area is 112 Å². The summed E-state index contributed by atoms with van der Waals surface area (Å²) in [4.78, 5) is 0. The molecule has 1 aromatic carbocycles. The summed E-state index contributed by atoms with van der Waals surface area (Å²) >= 11 is 0. The highest BCUT2D eigenvalue weighted by atomic mass is 32.2. The maximum absolute atomic E-state index is 11.3. The Hall–Kier alpha value is -1.73. The predicted molar refractivity (Wildman–Crippen MR) is 69.0 cm³/mol. The van der Waals surface area contributed by atoms with E-state index in [2.05, 4.69) is 0 Å². The van der Waals surface area contributed by atoms with Gasteiger partial charge in [-0.05, 0) is 0 Å². The highest BCUT2D eigenvalue weighted by Gasteiger charge is 2.27. The van der Waals surface area contributed by atoms with Crippen molar-refractivity contribution < 1.29 is 22.2 Å². The smallest absolute Gasteiger partial charge is 0.306 e. The van der Waals surface area contributed by atoms with Crippen LogP contribution in [-0.2, 0) is 23.9 Å². The van der Waals surface area contributed by atoms with E-state index in [0.29, 0.717) is 12.2 Å². The molecule has 0 spiro atoms. The number of hydroxylamine groups is 2. The summed E-state index contributed by atoms with van der Waals surface area (Å²) in [5.41, 5.74) is 1.21. The van der Waals surface area contributed by atoms with E-state index in [-0.39, 0.29) is 12.6 Å². The van der Waals surface area contributed by atoms with Gasteiger partial charge >= 0.3 is 5.95 Å². The first-order chi connectivity index (χ1) is 9.01. The van der Waals surface area contributed by atoms with E-state index in [9.17, 15) is 8.42 Å². The van der Waals surface area contributed by atoms with Gasteiger partial charge in [-0.2, -0.15) is 8.42 Å². The van der Waals surface area contributed by atoms with Gasteiger partial charge in [-0.25, -0.2) is 5.06 Å². The summed E-state index contributed by atoms with van der Waals surface area (Å²) in [6, 6.07) is 9.18. The molecule has 0 N–H and O–H groups in total. The average molecular weight is 285 g/mol. The maximum atomic E-state index is 11.3. The van der Waals surface area contributed by atoms with E-state index in [1.165, 1.54) is 12.2 Å². The zero-order valence-corrected chi connectivity index (χ0v) is 11.5. The van der Waals surface area contributed by atoms with Crippen molar-refractivity contribution in [3.63, 3.8) is 0 Å². The SMILES string of the molecule is COC1=C(c2ccccc2)N(OS(C)(=O)=O)CCO1. The third-order valence-electron chi connectivity index (χ3n) is 2.43. The molecule has 0 amide bonds. The van der Waals surface area contributed by atoms with Crippen molar-refractivity contribution in [2.45, 2.75) is 0 Å². The predicted octanol–water partition coefficient (Wildman–Crippen LogP) is 1.18. The largest absolute Gasteiger partial charge is 0.467 e. The molecule has 6 nitrogen and oxygen atoms in total. The topological polar surface area (TPSA) is 65.1 Å². The Balaban J connectivity index is 2.43. The standard InChI is InChI=1S/C12H15NO5S/c1-16-12-11(10-6-4-3-5-7-10)13(8-9-17-12)18-19(2,14)15/h3-7H,8-9H2,1-2H3. The molecule has 1 aromatic rings. The van der Waals surface area contributed by atoms with E-state index in [4.69, 9.17) is 13.8 Å². The van der Waals surface area contributed by atoms with Crippen molar-refractivity contribution in [1.82, 2.24) is 5.06 Å². The highest BCUT2D eigenvalue weighted by Crippen LogP contribution is 2.28. The lowest BCUT2D eigenvalue weighted by Crippen LogP contribution is -2.34. The van der Waals surface area contributed by atoms with Crippen LogP contribution in [0.4, 0.5) is 0 Å². The fourth-order valence-electron chi connectivity index (χ4n) is 1.75. The van der Waals surface area contributed by atoms with Crippen molar-refractivity contribution in [2.24, 2.45) is 0 Å². The van der Waals surface area contributed by atoms with Crippen molar-refractivity contribution in [2.75, 3.05) is 26.5 Å². The molecule has 0 aromatic heterocycles. The summed E-state index contributed by atoms with van der Waals surface area (Å²) < 4.78 is 38.1. The Kier molecular flexibility index (Phi) is 3.96. The molecule has 1 aliphatic heterocycles. The number of hydrogen-bond donors (Lipinski definition) is 0. The van der Waals surface area contributed by atoms with Crippen LogP contribution in [0.3, 0.4) is 0 Å². The molecule has 0 fully saturated rings. The molecule has 7 heteroatoms. The molecule has 0 saturated heterocycles. The van der Waals surface area contributed by atoms with Gasteiger partial charge < -0.3 is 9.47 Å². The Morgan fingerprint density at radius 2 is 1.95 bits per heavy atom. The van der Waals surface area contributed by atoms with Gasteiger partial charge in [0.15, 0.2) is 5.70 Å². The molecule has 19 heavy (non-hydrogen) atoms. The fraction of sp³-hybridized carbons (Fsp3) is 0.333. The molecule has 0 atom stereocenters. The zero-order valence-electron chi connectivity index (χ0n) is 10.7. The van der Waals surface area contributed by atoms with Crippen LogP contribution in [0.5, 0.6) is 0 Å². The number of rotatable bonds is 4. The summed E-state index contributed by atoms with van der Waals surface area (Å²) in [6.07, 6.45) is 0.998. The molecule has 0 aliphatic carbocycles. The van der Waals surface area contributed by atoms with E-state index >= 15 is 0 Å². The summed E-state index contributed by atoms with van der Waals surface area (Å²) in [5.74, 6) is 0.237. The summed E-state index contributed by atoms with van der Waals surface area (Å²) in [5, 5.41) is 1.27. The number of benzene rings is 1. The van der Waals surface area contributed by atoms with Crippen LogP contribution in [0.2, 0.25) is 0 Å². The minimum atomic E-state index is -3.62. The summed E-state index contributed by atoms with van der Waals surface area (Å²) in [6.45, 7) is 0.583. The van der Waals surface area contributed by atoms with Crippen LogP contribution in [0, 0.1) is 0 Å². The van der Waals surface area contributed by atoms with Crippen molar-refractivity contribution in [3.8, 4) is 0 Å². The van der Waals surface area contributed by atoms with Crippen molar-refractivity contribution in [3.05, 3.63) is 41.8 Å².